The average molecular weight is 239 g/mol. The Bertz CT molecular complexity index is 636. The molecule has 0 saturated heterocycles. The van der Waals surface area contributed by atoms with E-state index in [1.165, 1.54) is 11.1 Å². The Morgan fingerprint density at radius 1 is 1.22 bits per heavy atom. The first-order valence-corrected chi connectivity index (χ1v) is 5.98. The number of nitrogens with zero attached hydrogens (tertiary/aromatic N) is 3. The topological polar surface area (TPSA) is 39.9 Å². The van der Waals surface area contributed by atoms with Crippen LogP contribution in [0.2, 0.25) is 0 Å². The van der Waals surface area contributed by atoms with E-state index in [0.29, 0.717) is 6.42 Å². The Balaban J connectivity index is 2.81. The number of hydrogen-bond donors (Lipinski definition) is 0. The van der Waals surface area contributed by atoms with E-state index in [4.69, 9.17) is 10.2 Å². The van der Waals surface area contributed by atoms with Crippen LogP contribution in [0.25, 0.3) is 10.9 Å². The van der Waals surface area contributed by atoms with E-state index >= 15 is 0 Å². The predicted molar refractivity (Wildman–Crippen MR) is 74.9 cm³/mol. The van der Waals surface area contributed by atoms with Gasteiger partial charge >= 0.3 is 0 Å². The molecule has 0 aliphatic carbocycles. The summed E-state index contributed by atoms with van der Waals surface area (Å²) in [5.41, 5.74) is 4.39. The van der Waals surface area contributed by atoms with Crippen LogP contribution in [-0.2, 0) is 6.42 Å². The molecule has 0 atom stereocenters. The maximum absolute atomic E-state index is 8.93. The lowest BCUT2D eigenvalue weighted by Gasteiger charge is -2.17. The normalized spacial score (nSPS) is 10.4. The van der Waals surface area contributed by atoms with Crippen molar-refractivity contribution in [2.75, 3.05) is 19.0 Å². The van der Waals surface area contributed by atoms with Crippen molar-refractivity contribution < 1.29 is 0 Å². The summed E-state index contributed by atoms with van der Waals surface area (Å²) in [7, 11) is 3.92. The van der Waals surface area contributed by atoms with Gasteiger partial charge in [-0.05, 0) is 31.0 Å². The molecule has 0 aliphatic rings. The summed E-state index contributed by atoms with van der Waals surface area (Å²) in [6, 6.07) is 8.51. The maximum Gasteiger partial charge on any atom is 0.133 e. The summed E-state index contributed by atoms with van der Waals surface area (Å²) >= 11 is 0. The van der Waals surface area contributed by atoms with Crippen LogP contribution in [0, 0.1) is 25.2 Å². The average Bonchev–Trinajstić information content (AvgIpc) is 2.34. The van der Waals surface area contributed by atoms with Gasteiger partial charge in [-0.2, -0.15) is 5.26 Å². The van der Waals surface area contributed by atoms with Crippen molar-refractivity contribution in [3.8, 4) is 6.07 Å². The van der Waals surface area contributed by atoms with Gasteiger partial charge in [-0.3, -0.25) is 0 Å². The molecule has 3 heteroatoms. The zero-order valence-electron chi connectivity index (χ0n) is 11.3. The molecule has 1 aromatic carbocycles. The maximum atomic E-state index is 8.93. The van der Waals surface area contributed by atoms with E-state index in [1.807, 2.05) is 19.0 Å². The lowest BCUT2D eigenvalue weighted by Crippen LogP contribution is -2.13. The van der Waals surface area contributed by atoms with Crippen molar-refractivity contribution in [2.24, 2.45) is 0 Å². The summed E-state index contributed by atoms with van der Waals surface area (Å²) in [6.07, 6.45) is 0.393. The van der Waals surface area contributed by atoms with Crippen molar-refractivity contribution in [1.29, 1.82) is 5.26 Å². The van der Waals surface area contributed by atoms with Crippen LogP contribution in [0.3, 0.4) is 0 Å². The van der Waals surface area contributed by atoms with Gasteiger partial charge in [-0.25, -0.2) is 4.98 Å². The van der Waals surface area contributed by atoms with Crippen molar-refractivity contribution in [3.05, 3.63) is 34.9 Å². The molecule has 18 heavy (non-hydrogen) atoms. The molecule has 2 rings (SSSR count). The highest BCUT2D eigenvalue weighted by Crippen LogP contribution is 2.27. The zero-order valence-corrected chi connectivity index (χ0v) is 11.3. The summed E-state index contributed by atoms with van der Waals surface area (Å²) in [5, 5.41) is 10.1. The van der Waals surface area contributed by atoms with Gasteiger partial charge in [0.2, 0.25) is 0 Å². The first-order chi connectivity index (χ1) is 8.54. The van der Waals surface area contributed by atoms with Crippen molar-refractivity contribution in [2.45, 2.75) is 20.3 Å². The van der Waals surface area contributed by atoms with Gasteiger partial charge < -0.3 is 4.90 Å². The number of hydrogen-bond acceptors (Lipinski definition) is 3. The fourth-order valence-corrected chi connectivity index (χ4v) is 2.17. The predicted octanol–water partition coefficient (Wildman–Crippen LogP) is 2.98. The molecule has 0 amide bonds. The highest BCUT2D eigenvalue weighted by molar-refractivity contribution is 5.87. The fraction of sp³-hybridized carbons (Fsp3) is 0.333. The van der Waals surface area contributed by atoms with E-state index in [9.17, 15) is 0 Å². The summed E-state index contributed by atoms with van der Waals surface area (Å²) < 4.78 is 0. The molecule has 0 saturated carbocycles. The number of rotatable bonds is 2. The second-order valence-electron chi connectivity index (χ2n) is 4.80. The minimum absolute atomic E-state index is 0.393. The van der Waals surface area contributed by atoms with E-state index in [1.54, 1.807) is 0 Å². The summed E-state index contributed by atoms with van der Waals surface area (Å²) in [6.45, 7) is 4.15. The molecule has 92 valence electrons. The molecule has 0 N–H and O–H groups in total. The molecule has 0 bridgehead atoms. The van der Waals surface area contributed by atoms with Crippen LogP contribution in [0.15, 0.2) is 18.2 Å². The third kappa shape index (κ3) is 2.02. The van der Waals surface area contributed by atoms with Crippen LogP contribution in [0.1, 0.15) is 16.7 Å². The van der Waals surface area contributed by atoms with E-state index in [2.05, 4.69) is 38.1 Å². The van der Waals surface area contributed by atoms with Gasteiger partial charge in [0.25, 0.3) is 0 Å². The van der Waals surface area contributed by atoms with Gasteiger partial charge in [0.05, 0.1) is 18.0 Å². The molecule has 0 radical (unpaired) electrons. The first kappa shape index (κ1) is 12.4. The van der Waals surface area contributed by atoms with Crippen molar-refractivity contribution in [3.63, 3.8) is 0 Å². The lowest BCUT2D eigenvalue weighted by atomic mass is 10.0. The van der Waals surface area contributed by atoms with Crippen LogP contribution >= 0.6 is 0 Å². The summed E-state index contributed by atoms with van der Waals surface area (Å²) in [5.74, 6) is 0.887. The molecule has 1 heterocycles. The van der Waals surface area contributed by atoms with Crippen molar-refractivity contribution in [1.82, 2.24) is 4.98 Å². The van der Waals surface area contributed by atoms with Gasteiger partial charge in [-0.15, -0.1) is 0 Å². The van der Waals surface area contributed by atoms with Gasteiger partial charge in [0, 0.05) is 25.0 Å². The molecule has 3 nitrogen and oxygen atoms in total. The molecular weight excluding hydrogens is 222 g/mol. The molecule has 0 fully saturated rings. The number of aromatic nitrogens is 1. The monoisotopic (exact) mass is 239 g/mol. The Morgan fingerprint density at radius 3 is 2.50 bits per heavy atom. The number of pyridine rings is 1. The van der Waals surface area contributed by atoms with Crippen molar-refractivity contribution >= 4 is 16.7 Å². The highest BCUT2D eigenvalue weighted by Gasteiger charge is 2.11. The lowest BCUT2D eigenvalue weighted by molar-refractivity contribution is 1.05. The van der Waals surface area contributed by atoms with Crippen LogP contribution in [-0.4, -0.2) is 19.1 Å². The number of benzene rings is 1. The minimum atomic E-state index is 0.393. The first-order valence-electron chi connectivity index (χ1n) is 5.98. The SMILES string of the molecule is Cc1ccc(C)c2nc(N(C)C)c(CC#N)cc12. The number of aryl methyl sites for hydroxylation is 2. The number of anilines is 1. The third-order valence-electron chi connectivity index (χ3n) is 3.15. The van der Waals surface area contributed by atoms with Gasteiger partial charge in [0.1, 0.15) is 5.82 Å². The molecule has 0 spiro atoms. The largest absolute Gasteiger partial charge is 0.362 e. The quantitative estimate of drug-likeness (QED) is 0.808. The Labute approximate surface area is 108 Å². The third-order valence-corrected chi connectivity index (χ3v) is 3.15. The van der Waals surface area contributed by atoms with Crippen LogP contribution < -0.4 is 4.90 Å². The second-order valence-corrected chi connectivity index (χ2v) is 4.80. The second kappa shape index (κ2) is 4.66. The molecule has 0 aliphatic heterocycles. The van der Waals surface area contributed by atoms with E-state index < -0.39 is 0 Å². The number of fused-ring (bicyclic) bond motifs is 1. The zero-order chi connectivity index (χ0) is 13.3. The number of nitriles is 1. The fourth-order valence-electron chi connectivity index (χ4n) is 2.17. The van der Waals surface area contributed by atoms with E-state index in [0.717, 1.165) is 22.3 Å². The molecule has 2 aromatic rings. The molecule has 0 unspecified atom stereocenters. The van der Waals surface area contributed by atoms with Crippen LogP contribution in [0.4, 0.5) is 5.82 Å². The Hall–Kier alpha value is -2.08. The standard InChI is InChI=1S/C15H17N3/c1-10-5-6-11(2)14-13(10)9-12(7-8-16)15(17-14)18(3)4/h5-6,9H,7H2,1-4H3. The van der Waals surface area contributed by atoms with Gasteiger partial charge in [-0.1, -0.05) is 12.1 Å². The Morgan fingerprint density at radius 2 is 1.89 bits per heavy atom. The Kier molecular flexibility index (Phi) is 3.20. The highest BCUT2D eigenvalue weighted by atomic mass is 15.1. The smallest absolute Gasteiger partial charge is 0.133 e. The molecular formula is C15H17N3. The van der Waals surface area contributed by atoms with Crippen LogP contribution in [0.5, 0.6) is 0 Å². The molecule has 1 aromatic heterocycles. The minimum Gasteiger partial charge on any atom is -0.362 e. The summed E-state index contributed by atoms with van der Waals surface area (Å²) in [4.78, 5) is 6.69. The van der Waals surface area contributed by atoms with E-state index in [-0.39, 0.29) is 0 Å². The van der Waals surface area contributed by atoms with Gasteiger partial charge in [0.15, 0.2) is 0 Å².